The number of benzene rings is 2. The summed E-state index contributed by atoms with van der Waals surface area (Å²) in [6.45, 7) is 2.07. The molecule has 2 aromatic carbocycles. The average Bonchev–Trinajstić information content (AvgIpc) is 2.85. The van der Waals surface area contributed by atoms with E-state index >= 15 is 0 Å². The van der Waals surface area contributed by atoms with Gasteiger partial charge in [0.25, 0.3) is 0 Å². The Hall–Kier alpha value is -3.14. The van der Waals surface area contributed by atoms with Gasteiger partial charge in [-0.3, -0.25) is 4.79 Å². The van der Waals surface area contributed by atoms with Crippen molar-refractivity contribution in [1.29, 1.82) is 0 Å². The first kappa shape index (κ1) is 28.1. The number of halogens is 1. The second-order valence-electron chi connectivity index (χ2n) is 8.01. The number of amides is 1. The van der Waals surface area contributed by atoms with E-state index in [2.05, 4.69) is 5.32 Å². The summed E-state index contributed by atoms with van der Waals surface area (Å²) in [6, 6.07) is 17.3. The maximum absolute atomic E-state index is 13.2. The second kappa shape index (κ2) is 13.1. The molecule has 3 rings (SSSR count). The number of carbonyl (C=O) groups excluding carboxylic acids is 3. The molecule has 0 saturated carbocycles. The number of esters is 2. The Morgan fingerprint density at radius 3 is 2.00 bits per heavy atom. The molecule has 1 heterocycles. The van der Waals surface area contributed by atoms with Crippen molar-refractivity contribution < 1.29 is 33.7 Å². The first-order valence-corrected chi connectivity index (χ1v) is 11.2. The van der Waals surface area contributed by atoms with Gasteiger partial charge in [-0.2, -0.15) is 0 Å². The highest BCUT2D eigenvalue weighted by Gasteiger charge is 2.43. The van der Waals surface area contributed by atoms with Gasteiger partial charge in [-0.05, 0) is 18.2 Å². The van der Waals surface area contributed by atoms with E-state index in [4.69, 9.17) is 14.2 Å². The molecular weight excluding hydrogens is 476 g/mol. The lowest BCUT2D eigenvalue weighted by Gasteiger charge is -2.34. The molecule has 1 atom stereocenters. The average molecular weight is 507 g/mol. The molecule has 10 heteroatoms. The number of nitrogens with one attached hydrogen (secondary N) is 1. The smallest absolute Gasteiger partial charge is 0.412 e. The lowest BCUT2D eigenvalue weighted by Crippen LogP contribution is -2.45. The van der Waals surface area contributed by atoms with Gasteiger partial charge < -0.3 is 29.5 Å². The van der Waals surface area contributed by atoms with E-state index in [1.54, 1.807) is 67.7 Å². The van der Waals surface area contributed by atoms with Crippen molar-refractivity contribution in [3.63, 3.8) is 0 Å². The second-order valence-corrected chi connectivity index (χ2v) is 8.01. The summed E-state index contributed by atoms with van der Waals surface area (Å²) in [4.78, 5) is 38.5. The number of piperidine rings is 1. The summed E-state index contributed by atoms with van der Waals surface area (Å²) < 4.78 is 15.9. The van der Waals surface area contributed by atoms with E-state index in [9.17, 15) is 19.5 Å². The SMILES string of the molecule is CNCC(=O)OC(C)OC(=O)N1CCC(OC(=O)C(O)(c2ccccc2)c2ccccc2)CC1.Cl. The minimum atomic E-state index is -1.95. The number of hydrogen-bond donors (Lipinski definition) is 2. The number of likely N-dealkylation sites (N-methyl/N-ethyl adjacent to an activating group) is 1. The van der Waals surface area contributed by atoms with Crippen molar-refractivity contribution in [1.82, 2.24) is 10.2 Å². The molecule has 1 aliphatic heterocycles. The van der Waals surface area contributed by atoms with Crippen molar-refractivity contribution in [3.05, 3.63) is 71.8 Å². The monoisotopic (exact) mass is 506 g/mol. The molecule has 0 aliphatic carbocycles. The number of nitrogens with zero attached hydrogens (tertiary/aromatic N) is 1. The van der Waals surface area contributed by atoms with E-state index in [0.29, 0.717) is 37.1 Å². The Bertz CT molecular complexity index is 927. The molecule has 9 nitrogen and oxygen atoms in total. The highest BCUT2D eigenvalue weighted by Crippen LogP contribution is 2.32. The van der Waals surface area contributed by atoms with Crippen LogP contribution in [0.5, 0.6) is 0 Å². The summed E-state index contributed by atoms with van der Waals surface area (Å²) in [7, 11) is 1.61. The van der Waals surface area contributed by atoms with Crippen molar-refractivity contribution in [2.45, 2.75) is 37.8 Å². The summed E-state index contributed by atoms with van der Waals surface area (Å²) >= 11 is 0. The van der Waals surface area contributed by atoms with Gasteiger partial charge in [0.1, 0.15) is 6.10 Å². The maximum Gasteiger partial charge on any atom is 0.412 e. The lowest BCUT2D eigenvalue weighted by atomic mass is 9.86. The normalized spacial score (nSPS) is 14.9. The standard InChI is InChI=1S/C25H30N2O7.ClH/c1-18(32-22(28)17-26-2)33-24(30)27-15-13-21(14-16-27)34-23(29)25(31,19-9-5-3-6-10-19)20-11-7-4-8-12-20;/h3-12,18,21,26,31H,13-17H2,1-2H3;1H. The van der Waals surface area contributed by atoms with Crippen LogP contribution >= 0.6 is 12.4 Å². The molecule has 0 spiro atoms. The quantitative estimate of drug-likeness (QED) is 0.415. The molecule has 190 valence electrons. The van der Waals surface area contributed by atoms with Crippen LogP contribution in [0, 0.1) is 0 Å². The third kappa shape index (κ3) is 7.17. The fraction of sp³-hybridized carbons (Fsp3) is 0.400. The number of ether oxygens (including phenoxy) is 3. The predicted molar refractivity (Wildman–Crippen MR) is 130 cm³/mol. The number of rotatable bonds is 8. The Kier molecular flexibility index (Phi) is 10.5. The maximum atomic E-state index is 13.2. The largest absolute Gasteiger partial charge is 0.460 e. The third-order valence-corrected chi connectivity index (χ3v) is 5.54. The number of hydrogen-bond acceptors (Lipinski definition) is 8. The van der Waals surface area contributed by atoms with Gasteiger partial charge in [0.2, 0.25) is 11.9 Å². The van der Waals surface area contributed by atoms with E-state index in [-0.39, 0.29) is 19.0 Å². The number of aliphatic hydroxyl groups is 1. The van der Waals surface area contributed by atoms with Gasteiger partial charge in [-0.15, -0.1) is 12.4 Å². The van der Waals surface area contributed by atoms with E-state index in [1.165, 1.54) is 11.8 Å². The van der Waals surface area contributed by atoms with Crippen LogP contribution in [-0.4, -0.2) is 67.1 Å². The molecule has 0 aromatic heterocycles. The van der Waals surface area contributed by atoms with Crippen LogP contribution in [0.3, 0.4) is 0 Å². The van der Waals surface area contributed by atoms with Crippen LogP contribution in [0.15, 0.2) is 60.7 Å². The molecular formula is C25H31ClN2O7. The van der Waals surface area contributed by atoms with Crippen LogP contribution in [-0.2, 0) is 29.4 Å². The van der Waals surface area contributed by atoms with Crippen molar-refractivity contribution in [2.75, 3.05) is 26.7 Å². The van der Waals surface area contributed by atoms with Gasteiger partial charge in [0.05, 0.1) is 6.54 Å². The minimum absolute atomic E-state index is 0. The van der Waals surface area contributed by atoms with Gasteiger partial charge in [0, 0.05) is 32.9 Å². The summed E-state index contributed by atoms with van der Waals surface area (Å²) in [5.74, 6) is -1.30. The zero-order chi connectivity index (χ0) is 24.6. The van der Waals surface area contributed by atoms with Crippen molar-refractivity contribution >= 4 is 30.4 Å². The Morgan fingerprint density at radius 1 is 1.00 bits per heavy atom. The highest BCUT2D eigenvalue weighted by atomic mass is 35.5. The molecule has 1 amide bonds. The zero-order valence-corrected chi connectivity index (χ0v) is 20.5. The molecule has 2 aromatic rings. The number of carbonyl (C=O) groups is 3. The first-order valence-electron chi connectivity index (χ1n) is 11.2. The Morgan fingerprint density at radius 2 is 1.51 bits per heavy atom. The van der Waals surface area contributed by atoms with Crippen LogP contribution < -0.4 is 5.32 Å². The molecule has 0 bridgehead atoms. The van der Waals surface area contributed by atoms with Crippen LogP contribution in [0.4, 0.5) is 4.79 Å². The van der Waals surface area contributed by atoms with Crippen LogP contribution in [0.1, 0.15) is 30.9 Å². The molecule has 1 fully saturated rings. The van der Waals surface area contributed by atoms with Crippen molar-refractivity contribution in [3.8, 4) is 0 Å². The van der Waals surface area contributed by atoms with Crippen LogP contribution in [0.2, 0.25) is 0 Å². The minimum Gasteiger partial charge on any atom is -0.460 e. The Balaban J connectivity index is 0.00000432. The topological polar surface area (TPSA) is 114 Å². The van der Waals surface area contributed by atoms with E-state index in [1.807, 2.05) is 0 Å². The van der Waals surface area contributed by atoms with Crippen LogP contribution in [0.25, 0.3) is 0 Å². The number of likely N-dealkylation sites (tertiary alicyclic amines) is 1. The summed E-state index contributed by atoms with van der Waals surface area (Å²) in [6.07, 6.45) is -1.33. The Labute approximate surface area is 210 Å². The highest BCUT2D eigenvalue weighted by molar-refractivity contribution is 5.86. The first-order chi connectivity index (χ1) is 16.3. The molecule has 2 N–H and O–H groups in total. The molecule has 0 radical (unpaired) electrons. The van der Waals surface area contributed by atoms with Crippen molar-refractivity contribution in [2.24, 2.45) is 0 Å². The van der Waals surface area contributed by atoms with E-state index < -0.39 is 36.0 Å². The van der Waals surface area contributed by atoms with Gasteiger partial charge in [0.15, 0.2) is 0 Å². The summed E-state index contributed by atoms with van der Waals surface area (Å²) in [5, 5.41) is 14.2. The fourth-order valence-electron chi connectivity index (χ4n) is 3.77. The molecule has 1 saturated heterocycles. The lowest BCUT2D eigenvalue weighted by molar-refractivity contribution is -0.170. The summed E-state index contributed by atoms with van der Waals surface area (Å²) in [5.41, 5.74) is -1.13. The zero-order valence-electron chi connectivity index (χ0n) is 19.7. The van der Waals surface area contributed by atoms with Gasteiger partial charge in [-0.25, -0.2) is 9.59 Å². The van der Waals surface area contributed by atoms with Gasteiger partial charge in [-0.1, -0.05) is 60.7 Å². The van der Waals surface area contributed by atoms with Gasteiger partial charge >= 0.3 is 18.0 Å². The molecule has 1 unspecified atom stereocenters. The third-order valence-electron chi connectivity index (χ3n) is 5.54. The van der Waals surface area contributed by atoms with E-state index in [0.717, 1.165) is 0 Å². The predicted octanol–water partition coefficient (Wildman–Crippen LogP) is 2.60. The fourth-order valence-corrected chi connectivity index (χ4v) is 3.77. The molecule has 1 aliphatic rings. The molecule has 35 heavy (non-hydrogen) atoms.